The number of aromatic nitrogens is 4. The van der Waals surface area contributed by atoms with Crippen molar-refractivity contribution in [2.45, 2.75) is 25.9 Å². The Kier molecular flexibility index (Phi) is 5.43. The molecule has 0 saturated heterocycles. The number of halogens is 2. The minimum atomic E-state index is -2.87. The van der Waals surface area contributed by atoms with Crippen LogP contribution in [0.2, 0.25) is 0 Å². The van der Waals surface area contributed by atoms with E-state index in [1.54, 1.807) is 32.4 Å². The largest absolute Gasteiger partial charge is 0.477 e. The fourth-order valence-corrected chi connectivity index (χ4v) is 3.24. The SMILES string of the molecule is Cc1ncc(-c2ccn(C)c(=O)c2)c(OC[C@H]2C[C@@H]2c2ccc(OC(F)F)cn2)n1. The second kappa shape index (κ2) is 8.17. The van der Waals surface area contributed by atoms with Crippen molar-refractivity contribution < 1.29 is 18.3 Å². The van der Waals surface area contributed by atoms with Crippen molar-refractivity contribution in [1.82, 2.24) is 19.5 Å². The lowest BCUT2D eigenvalue weighted by atomic mass is 10.1. The van der Waals surface area contributed by atoms with Crippen LogP contribution >= 0.6 is 0 Å². The third-order valence-electron chi connectivity index (χ3n) is 5.01. The highest BCUT2D eigenvalue weighted by atomic mass is 19.3. The van der Waals surface area contributed by atoms with E-state index in [1.165, 1.54) is 22.9 Å². The second-order valence-electron chi connectivity index (χ2n) is 7.21. The summed E-state index contributed by atoms with van der Waals surface area (Å²) in [6.45, 7) is -0.668. The van der Waals surface area contributed by atoms with Gasteiger partial charge in [-0.3, -0.25) is 9.78 Å². The number of alkyl halides is 2. The maximum atomic E-state index is 12.2. The number of rotatable bonds is 7. The first-order chi connectivity index (χ1) is 14.4. The third kappa shape index (κ3) is 4.45. The van der Waals surface area contributed by atoms with Crippen LogP contribution in [0.25, 0.3) is 11.1 Å². The number of ether oxygens (including phenoxy) is 2. The molecule has 0 radical (unpaired) electrons. The number of hydrogen-bond acceptors (Lipinski definition) is 6. The first-order valence-corrected chi connectivity index (χ1v) is 9.45. The fraction of sp³-hybridized carbons (Fsp3) is 0.333. The predicted octanol–water partition coefficient (Wildman–Crippen LogP) is 3.33. The van der Waals surface area contributed by atoms with Gasteiger partial charge in [-0.05, 0) is 37.1 Å². The van der Waals surface area contributed by atoms with Crippen molar-refractivity contribution in [2.24, 2.45) is 13.0 Å². The minimum Gasteiger partial charge on any atom is -0.477 e. The monoisotopic (exact) mass is 414 g/mol. The summed E-state index contributed by atoms with van der Waals surface area (Å²) in [5.74, 6) is 1.47. The van der Waals surface area contributed by atoms with E-state index in [4.69, 9.17) is 4.74 Å². The van der Waals surface area contributed by atoms with E-state index in [9.17, 15) is 13.6 Å². The Labute approximate surface area is 171 Å². The molecule has 0 amide bonds. The van der Waals surface area contributed by atoms with Gasteiger partial charge in [-0.2, -0.15) is 13.8 Å². The molecule has 9 heteroatoms. The number of aryl methyl sites for hydroxylation is 2. The Morgan fingerprint density at radius 3 is 2.77 bits per heavy atom. The van der Waals surface area contributed by atoms with Gasteiger partial charge in [0.05, 0.1) is 18.4 Å². The lowest BCUT2D eigenvalue weighted by Crippen LogP contribution is -2.14. The highest BCUT2D eigenvalue weighted by Gasteiger charge is 2.40. The van der Waals surface area contributed by atoms with Crippen LogP contribution in [0.5, 0.6) is 11.6 Å². The van der Waals surface area contributed by atoms with Gasteiger partial charge in [0.15, 0.2) is 0 Å². The van der Waals surface area contributed by atoms with Crippen molar-refractivity contribution in [3.63, 3.8) is 0 Å². The normalized spacial score (nSPS) is 17.8. The van der Waals surface area contributed by atoms with E-state index >= 15 is 0 Å². The summed E-state index contributed by atoms with van der Waals surface area (Å²) in [5.41, 5.74) is 2.03. The average molecular weight is 414 g/mol. The molecule has 0 N–H and O–H groups in total. The van der Waals surface area contributed by atoms with Crippen LogP contribution in [0.15, 0.2) is 47.7 Å². The molecule has 0 spiro atoms. The summed E-state index contributed by atoms with van der Waals surface area (Å²) in [4.78, 5) is 24.8. The maximum absolute atomic E-state index is 12.2. The van der Waals surface area contributed by atoms with Crippen LogP contribution in [-0.2, 0) is 7.05 Å². The van der Waals surface area contributed by atoms with E-state index in [1.807, 2.05) is 6.07 Å². The summed E-state index contributed by atoms with van der Waals surface area (Å²) in [7, 11) is 1.68. The summed E-state index contributed by atoms with van der Waals surface area (Å²) in [5, 5.41) is 0. The molecule has 2 atom stereocenters. The van der Waals surface area contributed by atoms with Gasteiger partial charge in [0.2, 0.25) is 5.88 Å². The topological polar surface area (TPSA) is 79.1 Å². The molecule has 7 nitrogen and oxygen atoms in total. The molecule has 156 valence electrons. The molecule has 1 fully saturated rings. The van der Waals surface area contributed by atoms with Gasteiger partial charge in [-0.25, -0.2) is 4.98 Å². The van der Waals surface area contributed by atoms with Crippen molar-refractivity contribution in [3.8, 4) is 22.8 Å². The smallest absolute Gasteiger partial charge is 0.387 e. The summed E-state index contributed by atoms with van der Waals surface area (Å²) in [6, 6.07) is 6.53. The van der Waals surface area contributed by atoms with Gasteiger partial charge in [0.1, 0.15) is 11.6 Å². The van der Waals surface area contributed by atoms with E-state index in [2.05, 4.69) is 19.7 Å². The van der Waals surface area contributed by atoms with Gasteiger partial charge in [-0.15, -0.1) is 0 Å². The molecule has 1 aliphatic carbocycles. The van der Waals surface area contributed by atoms with Crippen molar-refractivity contribution in [3.05, 3.63) is 64.7 Å². The minimum absolute atomic E-state index is 0.0392. The first-order valence-electron chi connectivity index (χ1n) is 9.45. The van der Waals surface area contributed by atoms with Gasteiger partial charge < -0.3 is 14.0 Å². The molecule has 0 aromatic carbocycles. The number of hydrogen-bond donors (Lipinski definition) is 0. The van der Waals surface area contributed by atoms with Gasteiger partial charge in [0.25, 0.3) is 5.56 Å². The highest BCUT2D eigenvalue weighted by molar-refractivity contribution is 5.67. The maximum Gasteiger partial charge on any atom is 0.387 e. The average Bonchev–Trinajstić information content (AvgIpc) is 3.48. The Morgan fingerprint density at radius 1 is 1.23 bits per heavy atom. The zero-order chi connectivity index (χ0) is 21.3. The number of pyridine rings is 2. The predicted molar refractivity (Wildman–Crippen MR) is 105 cm³/mol. The molecule has 30 heavy (non-hydrogen) atoms. The van der Waals surface area contributed by atoms with E-state index < -0.39 is 6.61 Å². The molecule has 0 bridgehead atoms. The lowest BCUT2D eigenvalue weighted by molar-refractivity contribution is -0.0500. The van der Waals surface area contributed by atoms with Crippen molar-refractivity contribution in [1.29, 1.82) is 0 Å². The van der Waals surface area contributed by atoms with Gasteiger partial charge in [-0.1, -0.05) is 0 Å². The summed E-state index contributed by atoms with van der Waals surface area (Å²) < 4.78 is 36.3. The molecule has 4 rings (SSSR count). The van der Waals surface area contributed by atoms with Crippen LogP contribution < -0.4 is 15.0 Å². The molecule has 0 aliphatic heterocycles. The standard InChI is InChI=1S/C21H20F2N4O3/c1-12-24-10-17(13-5-6-27(2)19(28)8-13)20(26-12)29-11-14-7-16(14)18-4-3-15(9-25-18)30-21(22)23/h3-6,8-10,14,16,21H,7,11H2,1-2H3/t14-,16+/m1/s1. The highest BCUT2D eigenvalue weighted by Crippen LogP contribution is 2.47. The quantitative estimate of drug-likeness (QED) is 0.590. The molecular formula is C21H20F2N4O3. The Balaban J connectivity index is 1.44. The van der Waals surface area contributed by atoms with Crippen LogP contribution in [0, 0.1) is 12.8 Å². The molecule has 3 aromatic rings. The van der Waals surface area contributed by atoms with Crippen molar-refractivity contribution >= 4 is 0 Å². The van der Waals surface area contributed by atoms with Gasteiger partial charge in [0, 0.05) is 43.0 Å². The van der Waals surface area contributed by atoms with Crippen molar-refractivity contribution in [2.75, 3.05) is 6.61 Å². The molecule has 3 aromatic heterocycles. The number of nitrogens with zero attached hydrogens (tertiary/aromatic N) is 4. The fourth-order valence-electron chi connectivity index (χ4n) is 3.24. The van der Waals surface area contributed by atoms with Crippen LogP contribution in [0.4, 0.5) is 8.78 Å². The van der Waals surface area contributed by atoms with E-state index in [0.717, 1.165) is 12.1 Å². The molecule has 1 aliphatic rings. The van der Waals surface area contributed by atoms with Crippen LogP contribution in [0.1, 0.15) is 23.9 Å². The Morgan fingerprint density at radius 2 is 2.07 bits per heavy atom. The van der Waals surface area contributed by atoms with Gasteiger partial charge >= 0.3 is 6.61 Å². The molecular weight excluding hydrogens is 394 g/mol. The second-order valence-corrected chi connectivity index (χ2v) is 7.21. The lowest BCUT2D eigenvalue weighted by Gasteiger charge is -2.11. The first kappa shape index (κ1) is 19.9. The molecule has 0 unspecified atom stereocenters. The molecule has 3 heterocycles. The Hall–Kier alpha value is -3.36. The summed E-state index contributed by atoms with van der Waals surface area (Å²) in [6.07, 6.45) is 5.53. The molecule has 1 saturated carbocycles. The summed E-state index contributed by atoms with van der Waals surface area (Å²) >= 11 is 0. The van der Waals surface area contributed by atoms with E-state index in [-0.39, 0.29) is 23.1 Å². The van der Waals surface area contributed by atoms with Crippen LogP contribution in [0.3, 0.4) is 0 Å². The van der Waals surface area contributed by atoms with Crippen LogP contribution in [-0.4, -0.2) is 32.7 Å². The van der Waals surface area contributed by atoms with E-state index in [0.29, 0.717) is 29.4 Å². The zero-order valence-corrected chi connectivity index (χ0v) is 16.5. The third-order valence-corrected chi connectivity index (χ3v) is 5.01. The zero-order valence-electron chi connectivity index (χ0n) is 16.5. The Bertz CT molecular complexity index is 1100.